The first-order chi connectivity index (χ1) is 8.47. The molecule has 1 aliphatic rings. The number of nitrogens with zero attached hydrogens (tertiary/aromatic N) is 2. The number of sulfonamides is 1. The predicted molar refractivity (Wildman–Crippen MR) is 68.2 cm³/mol. The molecule has 1 aliphatic carbocycles. The van der Waals surface area contributed by atoms with Crippen LogP contribution in [0.3, 0.4) is 0 Å². The first-order valence-corrected chi connectivity index (χ1v) is 7.53. The normalized spacial score (nSPS) is 18.3. The summed E-state index contributed by atoms with van der Waals surface area (Å²) in [7, 11) is -3.53. The molecule has 0 aliphatic heterocycles. The van der Waals surface area contributed by atoms with Gasteiger partial charge in [-0.05, 0) is 24.7 Å². The number of nitrogens with one attached hydrogen (secondary N) is 1. The lowest BCUT2D eigenvalue weighted by Crippen LogP contribution is -2.41. The molecule has 1 heterocycles. The molecule has 1 saturated carbocycles. The number of nitrogen functional groups attached to an aromatic ring is 1. The van der Waals surface area contributed by atoms with Crippen LogP contribution in [-0.4, -0.2) is 24.9 Å². The van der Waals surface area contributed by atoms with Crippen molar-refractivity contribution < 1.29 is 8.42 Å². The molecular formula is C11H18N4O2S. The van der Waals surface area contributed by atoms with E-state index in [2.05, 4.69) is 21.6 Å². The van der Waals surface area contributed by atoms with E-state index in [0.717, 1.165) is 19.3 Å². The highest BCUT2D eigenvalue weighted by atomic mass is 32.2. The summed E-state index contributed by atoms with van der Waals surface area (Å²) in [5.41, 5.74) is 5.47. The van der Waals surface area contributed by atoms with Gasteiger partial charge in [0.25, 0.3) is 0 Å². The summed E-state index contributed by atoms with van der Waals surface area (Å²) in [4.78, 5) is 7.44. The fourth-order valence-corrected chi connectivity index (χ4v) is 3.17. The van der Waals surface area contributed by atoms with Gasteiger partial charge in [0.2, 0.25) is 16.0 Å². The summed E-state index contributed by atoms with van der Waals surface area (Å²) in [5, 5.41) is 0. The summed E-state index contributed by atoms with van der Waals surface area (Å²) in [6.07, 6.45) is 6.80. The zero-order valence-corrected chi connectivity index (χ0v) is 11.2. The standard InChI is InChI=1S/C11H18N4O2S/c1-2-11(4-3-5-11)8-15-18(16,17)9-6-13-10(12)14-7-9/h6-7,15H,2-5,8H2,1H3,(H2,12,13,14). The zero-order chi connectivity index (χ0) is 13.2. The Hall–Kier alpha value is -1.21. The van der Waals surface area contributed by atoms with Gasteiger partial charge in [0.1, 0.15) is 4.90 Å². The second kappa shape index (κ2) is 4.81. The number of nitrogens with two attached hydrogens (primary N) is 1. The molecule has 0 unspecified atom stereocenters. The van der Waals surface area contributed by atoms with Crippen molar-refractivity contribution in [3.63, 3.8) is 0 Å². The fraction of sp³-hybridized carbons (Fsp3) is 0.636. The van der Waals surface area contributed by atoms with Crippen molar-refractivity contribution in [3.05, 3.63) is 12.4 Å². The topological polar surface area (TPSA) is 98.0 Å². The third-order valence-corrected chi connectivity index (χ3v) is 5.12. The van der Waals surface area contributed by atoms with E-state index in [1.807, 2.05) is 0 Å². The highest BCUT2D eigenvalue weighted by molar-refractivity contribution is 7.89. The van der Waals surface area contributed by atoms with Gasteiger partial charge in [-0.15, -0.1) is 0 Å². The molecule has 1 aromatic heterocycles. The molecule has 0 atom stereocenters. The molecule has 2 rings (SSSR count). The minimum Gasteiger partial charge on any atom is -0.368 e. The smallest absolute Gasteiger partial charge is 0.243 e. The van der Waals surface area contributed by atoms with Crippen molar-refractivity contribution in [2.45, 2.75) is 37.5 Å². The van der Waals surface area contributed by atoms with Gasteiger partial charge in [0.15, 0.2) is 0 Å². The zero-order valence-electron chi connectivity index (χ0n) is 10.4. The van der Waals surface area contributed by atoms with E-state index >= 15 is 0 Å². The maximum absolute atomic E-state index is 12.0. The molecular weight excluding hydrogens is 252 g/mol. The Labute approximate surface area is 107 Å². The molecule has 0 saturated heterocycles. The van der Waals surface area contributed by atoms with Gasteiger partial charge in [-0.3, -0.25) is 0 Å². The summed E-state index contributed by atoms with van der Waals surface area (Å²) in [5.74, 6) is 0.0676. The molecule has 1 fully saturated rings. The number of rotatable bonds is 5. The Morgan fingerprint density at radius 1 is 1.39 bits per heavy atom. The third-order valence-electron chi connectivity index (χ3n) is 3.76. The van der Waals surface area contributed by atoms with E-state index in [4.69, 9.17) is 5.73 Å². The van der Waals surface area contributed by atoms with Crippen LogP contribution < -0.4 is 10.5 Å². The third kappa shape index (κ3) is 2.62. The second-order valence-electron chi connectivity index (χ2n) is 4.81. The van der Waals surface area contributed by atoms with E-state index in [1.165, 1.54) is 18.8 Å². The van der Waals surface area contributed by atoms with Crippen LogP contribution in [0, 0.1) is 5.41 Å². The highest BCUT2D eigenvalue weighted by Gasteiger charge is 2.36. The highest BCUT2D eigenvalue weighted by Crippen LogP contribution is 2.43. The van der Waals surface area contributed by atoms with Gasteiger partial charge in [0.05, 0.1) is 12.4 Å². The molecule has 1 aromatic rings. The van der Waals surface area contributed by atoms with Crippen molar-refractivity contribution in [1.29, 1.82) is 0 Å². The van der Waals surface area contributed by atoms with Gasteiger partial charge in [-0.25, -0.2) is 23.1 Å². The van der Waals surface area contributed by atoms with Crippen molar-refractivity contribution in [3.8, 4) is 0 Å². The monoisotopic (exact) mass is 270 g/mol. The molecule has 0 radical (unpaired) electrons. The van der Waals surface area contributed by atoms with Crippen molar-refractivity contribution in [1.82, 2.24) is 14.7 Å². The molecule has 0 amide bonds. The van der Waals surface area contributed by atoms with Crippen LogP contribution in [-0.2, 0) is 10.0 Å². The largest absolute Gasteiger partial charge is 0.368 e. The molecule has 0 spiro atoms. The summed E-state index contributed by atoms with van der Waals surface area (Å²) in [6.45, 7) is 2.58. The van der Waals surface area contributed by atoms with Gasteiger partial charge in [-0.1, -0.05) is 13.3 Å². The van der Waals surface area contributed by atoms with Crippen LogP contribution in [0.15, 0.2) is 17.3 Å². The first kappa shape index (κ1) is 13.2. The van der Waals surface area contributed by atoms with Gasteiger partial charge in [0, 0.05) is 6.54 Å². The van der Waals surface area contributed by atoms with Gasteiger partial charge in [-0.2, -0.15) is 0 Å². The summed E-state index contributed by atoms with van der Waals surface area (Å²) in [6, 6.07) is 0. The molecule has 7 heteroatoms. The van der Waals surface area contributed by atoms with E-state index < -0.39 is 10.0 Å². The first-order valence-electron chi connectivity index (χ1n) is 6.05. The Morgan fingerprint density at radius 2 is 2.00 bits per heavy atom. The summed E-state index contributed by atoms with van der Waals surface area (Å²) >= 11 is 0. The molecule has 0 bridgehead atoms. The number of hydrogen-bond acceptors (Lipinski definition) is 5. The van der Waals surface area contributed by atoms with Crippen molar-refractivity contribution in [2.75, 3.05) is 12.3 Å². The maximum Gasteiger partial charge on any atom is 0.243 e. The maximum atomic E-state index is 12.0. The SMILES string of the molecule is CCC1(CNS(=O)(=O)c2cnc(N)nc2)CCC1. The van der Waals surface area contributed by atoms with E-state index in [9.17, 15) is 8.42 Å². The lowest BCUT2D eigenvalue weighted by molar-refractivity contribution is 0.133. The average Bonchev–Trinajstić information content (AvgIpc) is 2.29. The molecule has 6 nitrogen and oxygen atoms in total. The van der Waals surface area contributed by atoms with Gasteiger partial charge < -0.3 is 5.73 Å². The Morgan fingerprint density at radius 3 is 2.44 bits per heavy atom. The Kier molecular flexibility index (Phi) is 3.54. The lowest BCUT2D eigenvalue weighted by atomic mass is 9.67. The molecule has 0 aromatic carbocycles. The van der Waals surface area contributed by atoms with Crippen LogP contribution in [0.5, 0.6) is 0 Å². The predicted octanol–water partition coefficient (Wildman–Crippen LogP) is 0.917. The van der Waals surface area contributed by atoms with Crippen LogP contribution in [0.1, 0.15) is 32.6 Å². The minimum absolute atomic E-state index is 0.0577. The van der Waals surface area contributed by atoms with Crippen LogP contribution in [0.2, 0.25) is 0 Å². The average molecular weight is 270 g/mol. The molecule has 3 N–H and O–H groups in total. The van der Waals surface area contributed by atoms with Gasteiger partial charge >= 0.3 is 0 Å². The van der Waals surface area contributed by atoms with Crippen molar-refractivity contribution in [2.24, 2.45) is 5.41 Å². The minimum atomic E-state index is -3.53. The lowest BCUT2D eigenvalue weighted by Gasteiger charge is -2.41. The van der Waals surface area contributed by atoms with Crippen LogP contribution in [0.25, 0.3) is 0 Å². The molecule has 100 valence electrons. The van der Waals surface area contributed by atoms with Crippen LogP contribution >= 0.6 is 0 Å². The van der Waals surface area contributed by atoms with E-state index in [1.54, 1.807) is 0 Å². The Bertz CT molecular complexity index is 503. The number of aromatic nitrogens is 2. The second-order valence-corrected chi connectivity index (χ2v) is 6.58. The van der Waals surface area contributed by atoms with E-state index in [-0.39, 0.29) is 16.3 Å². The summed E-state index contributed by atoms with van der Waals surface area (Å²) < 4.78 is 26.7. The quantitative estimate of drug-likeness (QED) is 0.829. The van der Waals surface area contributed by atoms with Crippen molar-refractivity contribution >= 4 is 16.0 Å². The Balaban J connectivity index is 2.05. The number of anilines is 1. The molecule has 18 heavy (non-hydrogen) atoms. The van der Waals surface area contributed by atoms with Crippen LogP contribution in [0.4, 0.5) is 5.95 Å². The fourth-order valence-electron chi connectivity index (χ4n) is 2.13. The van der Waals surface area contributed by atoms with E-state index in [0.29, 0.717) is 6.54 Å². The number of hydrogen-bond donors (Lipinski definition) is 2.